The predicted molar refractivity (Wildman–Crippen MR) is 238 cm³/mol. The summed E-state index contributed by atoms with van der Waals surface area (Å²) < 4.78 is 5.20. The fourth-order valence-corrected chi connectivity index (χ4v) is 9.90. The van der Waals surface area contributed by atoms with E-state index < -0.39 is 0 Å². The fraction of sp³-hybridized carbons (Fsp3) is 0. The first-order chi connectivity index (χ1) is 27.7. The Balaban J connectivity index is 1.11. The number of benzene rings is 7. The summed E-state index contributed by atoms with van der Waals surface area (Å²) in [6.45, 7) is 0. The number of hydrogen-bond acceptors (Lipinski definition) is 5. The zero-order valence-electron chi connectivity index (χ0n) is 30.1. The van der Waals surface area contributed by atoms with Crippen LogP contribution >= 0.6 is 22.7 Å². The Bertz CT molecular complexity index is 3110. The highest BCUT2D eigenvalue weighted by Crippen LogP contribution is 2.41. The second kappa shape index (κ2) is 13.5. The van der Waals surface area contributed by atoms with Crippen molar-refractivity contribution in [1.29, 1.82) is 0 Å². The van der Waals surface area contributed by atoms with Gasteiger partial charge in [0.05, 0.1) is 17.1 Å². The monoisotopic (exact) mass is 749 g/mol. The van der Waals surface area contributed by atoms with Crippen molar-refractivity contribution in [2.75, 3.05) is 0 Å². The second-order valence-electron chi connectivity index (χ2n) is 14.0. The maximum atomic E-state index is 5.28. The van der Waals surface area contributed by atoms with E-state index in [9.17, 15) is 0 Å². The van der Waals surface area contributed by atoms with Crippen LogP contribution in [0, 0.1) is 0 Å². The molecular formula is C51H31N3S2. The molecule has 3 nitrogen and oxygen atoms in total. The van der Waals surface area contributed by atoms with Crippen molar-refractivity contribution in [3.8, 4) is 67.4 Å². The van der Waals surface area contributed by atoms with Crippen LogP contribution in [0.15, 0.2) is 188 Å². The molecule has 0 aliphatic heterocycles. The molecule has 4 heterocycles. The van der Waals surface area contributed by atoms with Gasteiger partial charge < -0.3 is 0 Å². The SMILES string of the molecule is c1ccc(-c2nc(-c3ccc(-c4ccccn4)cc3)cc(-c3cc(-c4ccc5sc6ccccc6c5c4)cc(-c4ccc5sc6ccccc6c5c4)c3)n2)cc1. The van der Waals surface area contributed by atoms with Gasteiger partial charge in [0.25, 0.3) is 0 Å². The van der Waals surface area contributed by atoms with Gasteiger partial charge in [-0.25, -0.2) is 9.97 Å². The van der Waals surface area contributed by atoms with Crippen molar-refractivity contribution >= 4 is 63.0 Å². The average Bonchev–Trinajstić information content (AvgIpc) is 3.84. The first-order valence-electron chi connectivity index (χ1n) is 18.7. The molecule has 7 aromatic carbocycles. The molecule has 11 aromatic rings. The molecule has 0 unspecified atom stereocenters. The number of thiophene rings is 2. The molecule has 0 bridgehead atoms. The van der Waals surface area contributed by atoms with Crippen LogP contribution in [0.4, 0.5) is 0 Å². The molecule has 4 aromatic heterocycles. The lowest BCUT2D eigenvalue weighted by Gasteiger charge is -2.14. The molecule has 56 heavy (non-hydrogen) atoms. The number of hydrogen-bond donors (Lipinski definition) is 0. The van der Waals surface area contributed by atoms with Crippen molar-refractivity contribution in [2.45, 2.75) is 0 Å². The largest absolute Gasteiger partial charge is 0.256 e. The Morgan fingerprint density at radius 1 is 0.286 bits per heavy atom. The molecule has 0 amide bonds. The lowest BCUT2D eigenvalue weighted by atomic mass is 9.93. The summed E-state index contributed by atoms with van der Waals surface area (Å²) in [5.74, 6) is 0.691. The van der Waals surface area contributed by atoms with Crippen LogP contribution in [0.2, 0.25) is 0 Å². The van der Waals surface area contributed by atoms with E-state index in [4.69, 9.17) is 9.97 Å². The quantitative estimate of drug-likeness (QED) is 0.170. The van der Waals surface area contributed by atoms with E-state index in [0.29, 0.717) is 5.82 Å². The van der Waals surface area contributed by atoms with Gasteiger partial charge in [0, 0.05) is 68.8 Å². The van der Waals surface area contributed by atoms with Crippen molar-refractivity contribution in [3.05, 3.63) is 188 Å². The van der Waals surface area contributed by atoms with Gasteiger partial charge in [-0.05, 0) is 95.1 Å². The molecule has 0 saturated heterocycles. The van der Waals surface area contributed by atoms with Crippen molar-refractivity contribution in [1.82, 2.24) is 15.0 Å². The third kappa shape index (κ3) is 5.86. The highest BCUT2D eigenvalue weighted by atomic mass is 32.1. The summed E-state index contributed by atoms with van der Waals surface area (Å²) in [5, 5.41) is 5.15. The first kappa shape index (κ1) is 32.6. The minimum Gasteiger partial charge on any atom is -0.256 e. The van der Waals surface area contributed by atoms with E-state index in [1.807, 2.05) is 65.3 Å². The number of rotatable bonds is 6. The molecule has 0 fully saturated rings. The Labute approximate surface area is 331 Å². The molecule has 0 aliphatic rings. The van der Waals surface area contributed by atoms with Gasteiger partial charge in [-0.1, -0.05) is 109 Å². The third-order valence-electron chi connectivity index (χ3n) is 10.5. The van der Waals surface area contributed by atoms with Gasteiger partial charge in [0.1, 0.15) is 0 Å². The summed E-state index contributed by atoms with van der Waals surface area (Å²) >= 11 is 3.69. The van der Waals surface area contributed by atoms with E-state index in [0.717, 1.165) is 50.5 Å². The fourth-order valence-electron chi connectivity index (χ4n) is 7.72. The molecule has 262 valence electrons. The number of pyridine rings is 1. The summed E-state index contributed by atoms with van der Waals surface area (Å²) in [7, 11) is 0. The molecule has 0 radical (unpaired) electrons. The van der Waals surface area contributed by atoms with Crippen LogP contribution in [-0.2, 0) is 0 Å². The van der Waals surface area contributed by atoms with Crippen molar-refractivity contribution in [3.63, 3.8) is 0 Å². The van der Waals surface area contributed by atoms with E-state index in [-0.39, 0.29) is 0 Å². The standard InChI is InChI=1S/C51H31N3S2/c1-2-10-34(11-3-1)51-53-45(33-19-17-32(18-20-33)44-14-8-9-25-52-44)31-46(54-51)39-27-37(35-21-23-49-42(29-35)40-12-4-6-15-47(40)55-49)26-38(28-39)36-22-24-50-43(30-36)41-13-5-7-16-48(41)56-50/h1-31H. The summed E-state index contributed by atoms with van der Waals surface area (Å²) in [4.78, 5) is 15.0. The Morgan fingerprint density at radius 3 is 1.36 bits per heavy atom. The minimum absolute atomic E-state index is 0.691. The highest BCUT2D eigenvalue weighted by Gasteiger charge is 2.16. The smallest absolute Gasteiger partial charge is 0.160 e. The van der Waals surface area contributed by atoms with Crippen LogP contribution in [0.5, 0.6) is 0 Å². The lowest BCUT2D eigenvalue weighted by Crippen LogP contribution is -1.96. The topological polar surface area (TPSA) is 38.7 Å². The van der Waals surface area contributed by atoms with Gasteiger partial charge >= 0.3 is 0 Å². The minimum atomic E-state index is 0.691. The van der Waals surface area contributed by atoms with E-state index >= 15 is 0 Å². The molecule has 0 saturated carbocycles. The average molecular weight is 750 g/mol. The van der Waals surface area contributed by atoms with Gasteiger partial charge in [-0.3, -0.25) is 4.98 Å². The highest BCUT2D eigenvalue weighted by molar-refractivity contribution is 7.26. The summed E-state index contributed by atoms with van der Waals surface area (Å²) in [5.41, 5.74) is 11.4. The Hall–Kier alpha value is -6.79. The summed E-state index contributed by atoms with van der Waals surface area (Å²) in [6, 6.07) is 65.0. The molecule has 0 atom stereocenters. The second-order valence-corrected chi connectivity index (χ2v) is 16.2. The van der Waals surface area contributed by atoms with Crippen LogP contribution in [-0.4, -0.2) is 15.0 Å². The summed E-state index contributed by atoms with van der Waals surface area (Å²) in [6.07, 6.45) is 1.83. The normalized spacial score (nSPS) is 11.6. The van der Waals surface area contributed by atoms with E-state index in [1.54, 1.807) is 0 Å². The maximum Gasteiger partial charge on any atom is 0.160 e. The Kier molecular flexibility index (Phi) is 7.87. The molecule has 11 rings (SSSR count). The van der Waals surface area contributed by atoms with Gasteiger partial charge in [-0.15, -0.1) is 22.7 Å². The van der Waals surface area contributed by atoms with Crippen LogP contribution in [0.1, 0.15) is 0 Å². The number of fused-ring (bicyclic) bond motifs is 6. The molecule has 0 N–H and O–H groups in total. The van der Waals surface area contributed by atoms with Crippen LogP contribution < -0.4 is 0 Å². The zero-order valence-corrected chi connectivity index (χ0v) is 31.7. The van der Waals surface area contributed by atoms with Gasteiger partial charge in [0.15, 0.2) is 5.82 Å². The Morgan fingerprint density at radius 2 is 0.768 bits per heavy atom. The lowest BCUT2D eigenvalue weighted by molar-refractivity contribution is 1.18. The molecule has 5 heteroatoms. The van der Waals surface area contributed by atoms with Crippen LogP contribution in [0.3, 0.4) is 0 Å². The number of nitrogens with zero attached hydrogens (tertiary/aromatic N) is 3. The third-order valence-corrected chi connectivity index (χ3v) is 12.9. The van der Waals surface area contributed by atoms with Gasteiger partial charge in [0.2, 0.25) is 0 Å². The van der Waals surface area contributed by atoms with Crippen molar-refractivity contribution in [2.24, 2.45) is 0 Å². The van der Waals surface area contributed by atoms with E-state index in [2.05, 4.69) is 151 Å². The van der Waals surface area contributed by atoms with Gasteiger partial charge in [-0.2, -0.15) is 0 Å². The first-order valence-corrected chi connectivity index (χ1v) is 20.3. The zero-order chi connectivity index (χ0) is 37.0. The number of aromatic nitrogens is 3. The van der Waals surface area contributed by atoms with E-state index in [1.165, 1.54) is 51.5 Å². The molecule has 0 spiro atoms. The predicted octanol–water partition coefficient (Wildman–Crippen LogP) is 14.6. The molecule has 0 aliphatic carbocycles. The maximum absolute atomic E-state index is 5.28. The van der Waals surface area contributed by atoms with Crippen molar-refractivity contribution < 1.29 is 0 Å². The molecular weight excluding hydrogens is 719 g/mol. The van der Waals surface area contributed by atoms with Crippen LogP contribution in [0.25, 0.3) is 108 Å².